The summed E-state index contributed by atoms with van der Waals surface area (Å²) in [5.41, 5.74) is 5.19. The van der Waals surface area contributed by atoms with Crippen LogP contribution in [-0.2, 0) is 17.6 Å². The first-order valence-corrected chi connectivity index (χ1v) is 10.9. The fourth-order valence-corrected chi connectivity index (χ4v) is 3.90. The van der Waals surface area contributed by atoms with E-state index in [1.165, 1.54) is 5.56 Å². The number of rotatable bonds is 8. The van der Waals surface area contributed by atoms with Crippen molar-refractivity contribution < 1.29 is 14.3 Å². The lowest BCUT2D eigenvalue weighted by Crippen LogP contribution is -2.14. The third-order valence-electron chi connectivity index (χ3n) is 5.54. The van der Waals surface area contributed by atoms with E-state index in [1.807, 2.05) is 24.3 Å². The van der Waals surface area contributed by atoms with Gasteiger partial charge in [0.2, 0.25) is 11.9 Å². The van der Waals surface area contributed by atoms with E-state index in [4.69, 9.17) is 14.5 Å². The molecule has 1 aliphatic heterocycles. The van der Waals surface area contributed by atoms with E-state index >= 15 is 0 Å². The molecule has 8 heteroatoms. The van der Waals surface area contributed by atoms with Crippen LogP contribution in [0.3, 0.4) is 0 Å². The third kappa shape index (κ3) is 5.23. The summed E-state index contributed by atoms with van der Waals surface area (Å²) in [6.07, 6.45) is 3.95. The maximum absolute atomic E-state index is 12.5. The van der Waals surface area contributed by atoms with Crippen molar-refractivity contribution in [2.24, 2.45) is 0 Å². The van der Waals surface area contributed by atoms with E-state index in [-0.39, 0.29) is 12.3 Å². The Balaban J connectivity index is 1.63. The molecular weight excluding hydrogens is 418 g/mol. The third-order valence-corrected chi connectivity index (χ3v) is 5.54. The fourth-order valence-electron chi connectivity index (χ4n) is 3.90. The minimum Gasteiger partial charge on any atom is -0.493 e. The van der Waals surface area contributed by atoms with Crippen LogP contribution in [0.25, 0.3) is 11.3 Å². The molecule has 0 bridgehead atoms. The largest absolute Gasteiger partial charge is 0.493 e. The van der Waals surface area contributed by atoms with E-state index < -0.39 is 0 Å². The summed E-state index contributed by atoms with van der Waals surface area (Å²) in [5, 5.41) is 6.26. The average molecular weight is 448 g/mol. The normalized spacial score (nSPS) is 12.5. The van der Waals surface area contributed by atoms with Crippen LogP contribution in [0, 0.1) is 0 Å². The second-order valence-corrected chi connectivity index (χ2v) is 8.27. The Morgan fingerprint density at radius 1 is 1.09 bits per heavy atom. The number of benzene rings is 2. The maximum atomic E-state index is 12.5. The highest BCUT2D eigenvalue weighted by molar-refractivity contribution is 6.00. The minimum absolute atomic E-state index is 0.0651. The Bertz CT molecular complexity index is 1160. The molecule has 4 rings (SSSR count). The second-order valence-electron chi connectivity index (χ2n) is 8.27. The van der Waals surface area contributed by atoms with Gasteiger partial charge in [0.25, 0.3) is 0 Å². The fraction of sp³-hybridized carbons (Fsp3) is 0.320. The van der Waals surface area contributed by atoms with E-state index in [0.29, 0.717) is 17.4 Å². The zero-order valence-corrected chi connectivity index (χ0v) is 19.4. The monoisotopic (exact) mass is 447 g/mol. The van der Waals surface area contributed by atoms with Gasteiger partial charge in [-0.2, -0.15) is 0 Å². The summed E-state index contributed by atoms with van der Waals surface area (Å²) in [7, 11) is 7.33. The molecule has 0 unspecified atom stereocenters. The summed E-state index contributed by atoms with van der Waals surface area (Å²) in [6.45, 7) is 1.02. The van der Waals surface area contributed by atoms with Crippen molar-refractivity contribution in [3.05, 3.63) is 53.7 Å². The molecule has 8 nitrogen and oxygen atoms in total. The zero-order chi connectivity index (χ0) is 23.4. The van der Waals surface area contributed by atoms with E-state index in [0.717, 1.165) is 47.6 Å². The highest BCUT2D eigenvalue weighted by Gasteiger charge is 2.21. The van der Waals surface area contributed by atoms with Crippen molar-refractivity contribution in [2.45, 2.75) is 19.3 Å². The molecule has 3 aromatic rings. The number of nitrogens with one attached hydrogen (secondary N) is 2. The van der Waals surface area contributed by atoms with Crippen molar-refractivity contribution in [3.8, 4) is 22.8 Å². The van der Waals surface area contributed by atoms with Gasteiger partial charge < -0.3 is 25.0 Å². The van der Waals surface area contributed by atoms with Crippen LogP contribution in [0.5, 0.6) is 11.5 Å². The molecule has 2 heterocycles. The molecule has 1 aliphatic rings. The molecule has 2 aromatic carbocycles. The number of fused-ring (bicyclic) bond motifs is 3. The van der Waals surface area contributed by atoms with E-state index in [2.05, 4.69) is 46.7 Å². The SMILES string of the molecule is COc1ccc(Nc2ncc3c(n2)-c2ccc(CCCN(C)C)cc2NC(=O)C3)cc1OC. The molecule has 0 fully saturated rings. The molecule has 0 saturated carbocycles. The predicted octanol–water partition coefficient (Wildman–Crippen LogP) is 3.89. The Morgan fingerprint density at radius 3 is 2.67 bits per heavy atom. The highest BCUT2D eigenvalue weighted by atomic mass is 16.5. The first-order chi connectivity index (χ1) is 16.0. The molecule has 0 spiro atoms. The van der Waals surface area contributed by atoms with Crippen molar-refractivity contribution in [3.63, 3.8) is 0 Å². The number of anilines is 3. The van der Waals surface area contributed by atoms with Gasteiger partial charge in [-0.3, -0.25) is 4.79 Å². The van der Waals surface area contributed by atoms with Gasteiger partial charge in [-0.05, 0) is 57.2 Å². The van der Waals surface area contributed by atoms with Crippen LogP contribution >= 0.6 is 0 Å². The van der Waals surface area contributed by atoms with Crippen LogP contribution < -0.4 is 20.1 Å². The molecule has 0 saturated heterocycles. The number of aromatic nitrogens is 2. The molecule has 33 heavy (non-hydrogen) atoms. The first-order valence-electron chi connectivity index (χ1n) is 10.9. The highest BCUT2D eigenvalue weighted by Crippen LogP contribution is 2.35. The Hall–Kier alpha value is -3.65. The van der Waals surface area contributed by atoms with Crippen LogP contribution in [0.1, 0.15) is 17.5 Å². The maximum Gasteiger partial charge on any atom is 0.228 e. The quantitative estimate of drug-likeness (QED) is 0.541. The van der Waals surface area contributed by atoms with Gasteiger partial charge in [-0.15, -0.1) is 0 Å². The molecule has 0 atom stereocenters. The van der Waals surface area contributed by atoms with Crippen LogP contribution in [0.2, 0.25) is 0 Å². The van der Waals surface area contributed by atoms with Gasteiger partial charge in [0.05, 0.1) is 32.0 Å². The van der Waals surface area contributed by atoms with E-state index in [9.17, 15) is 4.79 Å². The van der Waals surface area contributed by atoms with Gasteiger partial charge in [0.15, 0.2) is 11.5 Å². The van der Waals surface area contributed by atoms with Crippen LogP contribution in [0.15, 0.2) is 42.6 Å². The van der Waals surface area contributed by atoms with Gasteiger partial charge in [0, 0.05) is 29.1 Å². The van der Waals surface area contributed by atoms with Crippen molar-refractivity contribution in [1.82, 2.24) is 14.9 Å². The molecular formula is C25H29N5O3. The van der Waals surface area contributed by atoms with Gasteiger partial charge in [-0.25, -0.2) is 9.97 Å². The Kier molecular flexibility index (Phi) is 6.74. The lowest BCUT2D eigenvalue weighted by Gasteiger charge is -2.13. The molecule has 0 radical (unpaired) electrons. The summed E-state index contributed by atoms with van der Waals surface area (Å²) in [5.74, 6) is 1.63. The minimum atomic E-state index is -0.0651. The number of carbonyl (C=O) groups excluding carboxylic acids is 1. The Morgan fingerprint density at radius 2 is 1.91 bits per heavy atom. The Labute approximate surface area is 194 Å². The predicted molar refractivity (Wildman–Crippen MR) is 130 cm³/mol. The number of carbonyl (C=O) groups is 1. The smallest absolute Gasteiger partial charge is 0.228 e. The number of ether oxygens (including phenoxy) is 2. The van der Waals surface area contributed by atoms with Gasteiger partial charge >= 0.3 is 0 Å². The van der Waals surface area contributed by atoms with Crippen LogP contribution in [0.4, 0.5) is 17.3 Å². The summed E-state index contributed by atoms with van der Waals surface area (Å²) < 4.78 is 10.7. The standard InChI is InChI=1S/C25H29N5O3/c1-30(2)11-5-6-16-7-9-19-20(12-16)28-23(31)13-17-15-26-25(29-24(17)19)27-18-8-10-21(32-3)22(14-18)33-4/h7-10,12,14-15H,5-6,11,13H2,1-4H3,(H,28,31)(H,26,27,29). The number of methoxy groups -OCH3 is 2. The average Bonchev–Trinajstić information content (AvgIpc) is 2.93. The van der Waals surface area contributed by atoms with Crippen molar-refractivity contribution in [2.75, 3.05) is 45.5 Å². The summed E-state index contributed by atoms with van der Waals surface area (Å²) >= 11 is 0. The molecule has 2 N–H and O–H groups in total. The van der Waals surface area contributed by atoms with Gasteiger partial charge in [-0.1, -0.05) is 12.1 Å². The molecule has 1 amide bonds. The first kappa shape index (κ1) is 22.5. The number of nitrogens with zero attached hydrogens (tertiary/aromatic N) is 3. The van der Waals surface area contributed by atoms with E-state index in [1.54, 1.807) is 20.4 Å². The van der Waals surface area contributed by atoms with Crippen molar-refractivity contribution >= 4 is 23.2 Å². The lowest BCUT2D eigenvalue weighted by atomic mass is 10.0. The summed E-state index contributed by atoms with van der Waals surface area (Å²) in [4.78, 5) is 23.9. The molecule has 1 aromatic heterocycles. The molecule has 172 valence electrons. The number of amides is 1. The topological polar surface area (TPSA) is 88.6 Å². The second kappa shape index (κ2) is 9.87. The number of aryl methyl sites for hydroxylation is 1. The number of hydrogen-bond donors (Lipinski definition) is 2. The summed E-state index contributed by atoms with van der Waals surface area (Å²) in [6, 6.07) is 11.7. The van der Waals surface area contributed by atoms with Crippen molar-refractivity contribution in [1.29, 1.82) is 0 Å². The number of hydrogen-bond acceptors (Lipinski definition) is 7. The molecule has 0 aliphatic carbocycles. The zero-order valence-electron chi connectivity index (χ0n) is 19.4. The lowest BCUT2D eigenvalue weighted by molar-refractivity contribution is -0.115. The van der Waals surface area contributed by atoms with Crippen LogP contribution in [-0.4, -0.2) is 55.6 Å². The van der Waals surface area contributed by atoms with Gasteiger partial charge in [0.1, 0.15) is 0 Å².